The summed E-state index contributed by atoms with van der Waals surface area (Å²) in [4.78, 5) is 27.8. The molecular weight excluding hydrogens is 266 g/mol. The molecule has 5 nitrogen and oxygen atoms in total. The second kappa shape index (κ2) is 4.47. The molecule has 0 atom stereocenters. The van der Waals surface area contributed by atoms with Gasteiger partial charge in [0.15, 0.2) is 0 Å². The van der Waals surface area contributed by atoms with Crippen molar-refractivity contribution in [1.82, 2.24) is 4.98 Å². The maximum Gasteiger partial charge on any atom is 0.307 e. The molecule has 2 heterocycles. The van der Waals surface area contributed by atoms with E-state index in [-0.39, 0.29) is 18.8 Å². The second-order valence-electron chi connectivity index (χ2n) is 4.15. The van der Waals surface area contributed by atoms with Crippen LogP contribution in [0, 0.1) is 0 Å². The van der Waals surface area contributed by atoms with Gasteiger partial charge in [-0.15, -0.1) is 11.3 Å². The number of aliphatic carboxylic acids is 1. The van der Waals surface area contributed by atoms with Gasteiger partial charge in [-0.25, -0.2) is 4.98 Å². The fourth-order valence-electron chi connectivity index (χ4n) is 1.99. The van der Waals surface area contributed by atoms with Crippen molar-refractivity contribution in [2.24, 2.45) is 0 Å². The lowest BCUT2D eigenvalue weighted by molar-refractivity contribution is -0.136. The molecule has 0 saturated heterocycles. The Bertz CT molecular complexity index is 677. The van der Waals surface area contributed by atoms with Crippen LogP contribution in [0.25, 0.3) is 0 Å². The number of carboxylic acid groups (broad SMARTS) is 1. The van der Waals surface area contributed by atoms with E-state index in [1.165, 1.54) is 11.3 Å². The highest BCUT2D eigenvalue weighted by molar-refractivity contribution is 7.12. The van der Waals surface area contributed by atoms with Gasteiger partial charge in [0, 0.05) is 0 Å². The minimum Gasteiger partial charge on any atom is -0.486 e. The summed E-state index contributed by atoms with van der Waals surface area (Å²) in [7, 11) is 0. The minimum atomic E-state index is -0.930. The highest BCUT2D eigenvalue weighted by atomic mass is 32.1. The van der Waals surface area contributed by atoms with Gasteiger partial charge in [-0.1, -0.05) is 6.07 Å². The van der Waals surface area contributed by atoms with Crippen molar-refractivity contribution in [1.29, 1.82) is 0 Å². The van der Waals surface area contributed by atoms with Crippen LogP contribution in [0.2, 0.25) is 0 Å². The number of fused-ring (bicyclic) bond motifs is 2. The van der Waals surface area contributed by atoms with Gasteiger partial charge in [-0.2, -0.15) is 0 Å². The maximum absolute atomic E-state index is 12.4. The number of ketones is 1. The molecule has 0 unspecified atom stereocenters. The molecule has 0 fully saturated rings. The molecule has 0 aliphatic carbocycles. The zero-order valence-electron chi connectivity index (χ0n) is 9.75. The average molecular weight is 275 g/mol. The number of benzene rings is 1. The van der Waals surface area contributed by atoms with Crippen LogP contribution in [-0.2, 0) is 17.8 Å². The molecule has 96 valence electrons. The van der Waals surface area contributed by atoms with Crippen LogP contribution in [0.4, 0.5) is 0 Å². The number of hydrogen-bond acceptors (Lipinski definition) is 5. The average Bonchev–Trinajstić information content (AvgIpc) is 2.79. The van der Waals surface area contributed by atoms with Crippen molar-refractivity contribution in [3.05, 3.63) is 45.4 Å². The monoisotopic (exact) mass is 275 g/mol. The summed E-state index contributed by atoms with van der Waals surface area (Å²) in [6.07, 6.45) is -0.115. The smallest absolute Gasteiger partial charge is 0.307 e. The fourth-order valence-corrected chi connectivity index (χ4v) is 2.74. The van der Waals surface area contributed by atoms with Gasteiger partial charge in [0.25, 0.3) is 0 Å². The molecule has 0 amide bonds. The van der Waals surface area contributed by atoms with Crippen LogP contribution in [-0.4, -0.2) is 21.8 Å². The van der Waals surface area contributed by atoms with E-state index < -0.39 is 5.97 Å². The third kappa shape index (κ3) is 2.10. The molecule has 0 radical (unpaired) electrons. The molecule has 19 heavy (non-hydrogen) atoms. The lowest BCUT2D eigenvalue weighted by atomic mass is 10.0. The number of aromatic nitrogens is 1. The minimum absolute atomic E-state index is 0.115. The third-order valence-electron chi connectivity index (χ3n) is 2.86. The first-order valence-electron chi connectivity index (χ1n) is 5.59. The lowest BCUT2D eigenvalue weighted by Crippen LogP contribution is -2.04. The number of hydrogen-bond donors (Lipinski definition) is 1. The van der Waals surface area contributed by atoms with Crippen molar-refractivity contribution < 1.29 is 19.4 Å². The molecule has 0 bridgehead atoms. The summed E-state index contributed by atoms with van der Waals surface area (Å²) < 4.78 is 5.54. The van der Waals surface area contributed by atoms with Crippen LogP contribution in [0.3, 0.4) is 0 Å². The predicted molar refractivity (Wildman–Crippen MR) is 67.7 cm³/mol. The van der Waals surface area contributed by atoms with Gasteiger partial charge in [0.2, 0.25) is 5.78 Å². The van der Waals surface area contributed by atoms with E-state index in [4.69, 9.17) is 9.84 Å². The Labute approximate surface area is 112 Å². The van der Waals surface area contributed by atoms with Gasteiger partial charge < -0.3 is 9.84 Å². The molecule has 1 N–H and O–H groups in total. The highest BCUT2D eigenvalue weighted by Crippen LogP contribution is 2.30. The van der Waals surface area contributed by atoms with Crippen molar-refractivity contribution >= 4 is 23.1 Å². The van der Waals surface area contributed by atoms with E-state index in [0.29, 0.717) is 27.4 Å². The van der Waals surface area contributed by atoms with Gasteiger partial charge in [-0.3, -0.25) is 9.59 Å². The molecule has 1 aliphatic rings. The van der Waals surface area contributed by atoms with E-state index in [2.05, 4.69) is 4.98 Å². The Balaban J connectivity index is 2.07. The van der Waals surface area contributed by atoms with Crippen LogP contribution < -0.4 is 4.74 Å². The standard InChI is InChI=1S/C13H9NO4S/c15-11(16)4-7-1-2-10-8(3-7)12(17)13-9(5-18-10)14-6-19-13/h1-3,6H,4-5H2,(H,15,16). The molecule has 1 aromatic heterocycles. The maximum atomic E-state index is 12.4. The summed E-state index contributed by atoms with van der Waals surface area (Å²) >= 11 is 1.27. The van der Waals surface area contributed by atoms with Crippen molar-refractivity contribution in [3.63, 3.8) is 0 Å². The summed E-state index contributed by atoms with van der Waals surface area (Å²) in [5.41, 5.74) is 3.22. The van der Waals surface area contributed by atoms with Crippen LogP contribution in [0.5, 0.6) is 5.75 Å². The highest BCUT2D eigenvalue weighted by Gasteiger charge is 2.24. The number of ether oxygens (including phenoxy) is 1. The van der Waals surface area contributed by atoms with Gasteiger partial charge in [-0.05, 0) is 17.7 Å². The largest absolute Gasteiger partial charge is 0.486 e. The molecule has 2 aromatic rings. The number of carboxylic acids is 1. The van der Waals surface area contributed by atoms with Gasteiger partial charge >= 0.3 is 5.97 Å². The number of thiazole rings is 1. The van der Waals surface area contributed by atoms with E-state index in [0.717, 1.165) is 0 Å². The number of rotatable bonds is 2. The third-order valence-corrected chi connectivity index (χ3v) is 3.72. The van der Waals surface area contributed by atoms with E-state index in [1.54, 1.807) is 23.7 Å². The van der Waals surface area contributed by atoms with Crippen LogP contribution >= 0.6 is 11.3 Å². The zero-order chi connectivity index (χ0) is 13.4. The van der Waals surface area contributed by atoms with E-state index in [1.807, 2.05) is 0 Å². The van der Waals surface area contributed by atoms with Gasteiger partial charge in [0.05, 0.1) is 23.2 Å². The topological polar surface area (TPSA) is 76.5 Å². The Morgan fingerprint density at radius 2 is 2.32 bits per heavy atom. The van der Waals surface area contributed by atoms with Crippen molar-refractivity contribution in [2.75, 3.05) is 0 Å². The SMILES string of the molecule is O=C(O)Cc1ccc2c(c1)C(=O)c1scnc1CO2. The van der Waals surface area contributed by atoms with Crippen molar-refractivity contribution in [2.45, 2.75) is 13.0 Å². The lowest BCUT2D eigenvalue weighted by Gasteiger charge is -2.07. The zero-order valence-corrected chi connectivity index (χ0v) is 10.6. The Morgan fingerprint density at radius 1 is 1.47 bits per heavy atom. The van der Waals surface area contributed by atoms with Crippen LogP contribution in [0.15, 0.2) is 23.7 Å². The summed E-state index contributed by atoms with van der Waals surface area (Å²) in [5.74, 6) is -0.609. The molecule has 3 rings (SSSR count). The summed E-state index contributed by atoms with van der Waals surface area (Å²) in [5, 5.41) is 8.79. The van der Waals surface area contributed by atoms with E-state index in [9.17, 15) is 9.59 Å². The second-order valence-corrected chi connectivity index (χ2v) is 5.00. The first kappa shape index (κ1) is 11.9. The Morgan fingerprint density at radius 3 is 3.11 bits per heavy atom. The number of nitrogens with zero attached hydrogens (tertiary/aromatic N) is 1. The van der Waals surface area contributed by atoms with Crippen molar-refractivity contribution in [3.8, 4) is 5.75 Å². The summed E-state index contributed by atoms with van der Waals surface area (Å²) in [6, 6.07) is 4.88. The Kier molecular flexibility index (Phi) is 2.79. The number of carbonyl (C=O) groups excluding carboxylic acids is 1. The summed E-state index contributed by atoms with van der Waals surface area (Å²) in [6.45, 7) is 0.260. The van der Waals surface area contributed by atoms with Gasteiger partial charge in [0.1, 0.15) is 17.2 Å². The van der Waals surface area contributed by atoms with E-state index >= 15 is 0 Å². The first-order valence-corrected chi connectivity index (χ1v) is 6.47. The molecular formula is C13H9NO4S. The predicted octanol–water partition coefficient (Wildman–Crippen LogP) is 1.89. The molecule has 6 heteroatoms. The molecule has 0 saturated carbocycles. The Hall–Kier alpha value is -2.21. The molecule has 0 spiro atoms. The molecule has 1 aliphatic heterocycles. The van der Waals surface area contributed by atoms with Crippen LogP contribution in [0.1, 0.15) is 26.5 Å². The quantitative estimate of drug-likeness (QED) is 0.905. The first-order chi connectivity index (χ1) is 9.15. The molecule has 1 aromatic carbocycles. The number of carbonyl (C=O) groups is 2. The fraction of sp³-hybridized carbons (Fsp3) is 0.154. The normalized spacial score (nSPS) is 13.2.